The molecule has 0 fully saturated rings. The van der Waals surface area contributed by atoms with Crippen molar-refractivity contribution in [3.05, 3.63) is 70.3 Å². The summed E-state index contributed by atoms with van der Waals surface area (Å²) in [5.74, 6) is 0.237. The van der Waals surface area contributed by atoms with E-state index < -0.39 is 11.0 Å². The number of hydrogen-bond donors (Lipinski definition) is 1. The summed E-state index contributed by atoms with van der Waals surface area (Å²) < 4.78 is 7.06. The molecule has 1 unspecified atom stereocenters. The van der Waals surface area contributed by atoms with Gasteiger partial charge in [-0.15, -0.1) is 0 Å². The summed E-state index contributed by atoms with van der Waals surface area (Å²) in [5, 5.41) is 18.4. The van der Waals surface area contributed by atoms with Gasteiger partial charge in [-0.25, -0.2) is 0 Å². The number of amides is 1. The maximum Gasteiger partial charge on any atom is 0.275 e. The minimum atomic E-state index is -0.616. The summed E-state index contributed by atoms with van der Waals surface area (Å²) in [4.78, 5) is 27.3. The molecule has 9 nitrogen and oxygen atoms in total. The van der Waals surface area contributed by atoms with Gasteiger partial charge in [-0.05, 0) is 18.6 Å². The van der Waals surface area contributed by atoms with Crippen LogP contribution in [0.25, 0.3) is 0 Å². The van der Waals surface area contributed by atoms with E-state index in [9.17, 15) is 14.9 Å². The number of benzene rings is 1. The molecule has 0 spiro atoms. The Balaban J connectivity index is 1.85. The molecule has 3 rings (SSSR count). The minimum Gasteiger partial charge on any atom is -0.455 e. The number of nitro benzene ring substituents is 1. The Kier molecular flexibility index (Phi) is 5.85. The summed E-state index contributed by atoms with van der Waals surface area (Å²) in [6.07, 6.45) is 6.49. The fourth-order valence-electron chi connectivity index (χ4n) is 2.57. The van der Waals surface area contributed by atoms with Gasteiger partial charge in [0.15, 0.2) is 0 Å². The van der Waals surface area contributed by atoms with Crippen molar-refractivity contribution < 1.29 is 14.5 Å². The Morgan fingerprint density at radius 1 is 1.36 bits per heavy atom. The zero-order chi connectivity index (χ0) is 20.1. The molecule has 1 aromatic carbocycles. The minimum absolute atomic E-state index is 0.202. The zero-order valence-electron chi connectivity index (χ0n) is 14.8. The molecule has 1 atom stereocenters. The lowest BCUT2D eigenvalue weighted by Gasteiger charge is -2.16. The summed E-state index contributed by atoms with van der Waals surface area (Å²) in [7, 11) is 0. The van der Waals surface area contributed by atoms with Gasteiger partial charge in [0.05, 0.1) is 34.1 Å². The van der Waals surface area contributed by atoms with E-state index in [2.05, 4.69) is 15.4 Å². The first-order valence-corrected chi connectivity index (χ1v) is 8.72. The van der Waals surface area contributed by atoms with Crippen LogP contribution in [0.3, 0.4) is 0 Å². The first-order valence-electron chi connectivity index (χ1n) is 8.34. The Morgan fingerprint density at radius 2 is 2.18 bits per heavy atom. The highest BCUT2D eigenvalue weighted by molar-refractivity contribution is 6.30. The van der Waals surface area contributed by atoms with Crippen LogP contribution in [0.5, 0.6) is 11.5 Å². The second-order valence-electron chi connectivity index (χ2n) is 5.82. The first-order chi connectivity index (χ1) is 13.5. The van der Waals surface area contributed by atoms with Crippen LogP contribution in [0.2, 0.25) is 5.02 Å². The third-order valence-electron chi connectivity index (χ3n) is 3.82. The van der Waals surface area contributed by atoms with E-state index in [4.69, 9.17) is 16.3 Å². The number of anilines is 1. The molecule has 0 bridgehead atoms. The predicted molar refractivity (Wildman–Crippen MR) is 103 cm³/mol. The highest BCUT2D eigenvalue weighted by atomic mass is 35.5. The molecule has 1 amide bonds. The van der Waals surface area contributed by atoms with Crippen LogP contribution in [0.1, 0.15) is 19.4 Å². The zero-order valence-corrected chi connectivity index (χ0v) is 15.5. The molecule has 144 valence electrons. The number of nitrogens with zero attached hydrogens (tertiary/aromatic N) is 4. The van der Waals surface area contributed by atoms with Crippen molar-refractivity contribution in [3.8, 4) is 11.5 Å². The van der Waals surface area contributed by atoms with Crippen molar-refractivity contribution in [2.45, 2.75) is 19.4 Å². The summed E-state index contributed by atoms with van der Waals surface area (Å²) in [6, 6.07) is 6.76. The van der Waals surface area contributed by atoms with Gasteiger partial charge in [-0.2, -0.15) is 5.10 Å². The van der Waals surface area contributed by atoms with Gasteiger partial charge in [-0.3, -0.25) is 24.6 Å². The summed E-state index contributed by atoms with van der Waals surface area (Å²) in [6.45, 7) is 1.82. The average molecular weight is 402 g/mol. The third-order valence-corrected chi connectivity index (χ3v) is 4.01. The Labute approximate surface area is 165 Å². The lowest BCUT2D eigenvalue weighted by molar-refractivity contribution is -0.384. The van der Waals surface area contributed by atoms with Crippen LogP contribution in [-0.4, -0.2) is 25.6 Å². The number of hydrogen-bond acceptors (Lipinski definition) is 6. The van der Waals surface area contributed by atoms with Gasteiger partial charge >= 0.3 is 0 Å². The summed E-state index contributed by atoms with van der Waals surface area (Å²) >= 11 is 5.87. The standard InChI is InChI=1S/C18H16ClN5O4/c1-2-17(23-11-12(19)9-21-23)18(25)22-13-6-14(24(26)27)8-16(7-13)28-15-4-3-5-20-10-15/h3-11,17H,2H2,1H3,(H,22,25). The first kappa shape index (κ1) is 19.3. The van der Waals surface area contributed by atoms with E-state index in [1.807, 2.05) is 6.92 Å². The smallest absolute Gasteiger partial charge is 0.275 e. The molecule has 0 saturated carbocycles. The van der Waals surface area contributed by atoms with Crippen molar-refractivity contribution in [3.63, 3.8) is 0 Å². The lowest BCUT2D eigenvalue weighted by Crippen LogP contribution is -2.26. The van der Waals surface area contributed by atoms with Gasteiger partial charge in [0, 0.05) is 24.5 Å². The van der Waals surface area contributed by atoms with Gasteiger partial charge in [0.1, 0.15) is 17.5 Å². The van der Waals surface area contributed by atoms with E-state index in [0.29, 0.717) is 17.2 Å². The van der Waals surface area contributed by atoms with Crippen molar-refractivity contribution >= 4 is 28.9 Å². The molecule has 0 aliphatic rings. The molecule has 2 aromatic heterocycles. The number of carbonyl (C=O) groups is 1. The van der Waals surface area contributed by atoms with Crippen molar-refractivity contribution in [2.24, 2.45) is 0 Å². The molecule has 0 radical (unpaired) electrons. The summed E-state index contributed by atoms with van der Waals surface area (Å²) in [5.41, 5.74) is 0.0154. The molecular formula is C18H16ClN5O4. The molecule has 1 N–H and O–H groups in total. The highest BCUT2D eigenvalue weighted by Crippen LogP contribution is 2.30. The van der Waals surface area contributed by atoms with Crippen LogP contribution in [0, 0.1) is 10.1 Å². The third kappa shape index (κ3) is 4.63. The number of pyridine rings is 1. The normalized spacial score (nSPS) is 11.6. The quantitative estimate of drug-likeness (QED) is 0.468. The number of ether oxygens (including phenoxy) is 1. The number of nitro groups is 1. The second kappa shape index (κ2) is 8.49. The molecule has 10 heteroatoms. The molecule has 0 saturated heterocycles. The highest BCUT2D eigenvalue weighted by Gasteiger charge is 2.21. The molecule has 0 aliphatic carbocycles. The molecule has 28 heavy (non-hydrogen) atoms. The van der Waals surface area contributed by atoms with Gasteiger partial charge in [0.2, 0.25) is 5.91 Å². The monoisotopic (exact) mass is 401 g/mol. The van der Waals surface area contributed by atoms with Crippen LogP contribution in [0.15, 0.2) is 55.1 Å². The van der Waals surface area contributed by atoms with Crippen LogP contribution < -0.4 is 10.1 Å². The van der Waals surface area contributed by atoms with E-state index in [0.717, 1.165) is 0 Å². The van der Waals surface area contributed by atoms with Gasteiger partial charge < -0.3 is 10.1 Å². The largest absolute Gasteiger partial charge is 0.455 e. The van der Waals surface area contributed by atoms with Crippen molar-refractivity contribution in [1.82, 2.24) is 14.8 Å². The number of halogens is 1. The van der Waals surface area contributed by atoms with Gasteiger partial charge in [0.25, 0.3) is 5.69 Å². The van der Waals surface area contributed by atoms with Crippen LogP contribution >= 0.6 is 11.6 Å². The topological polar surface area (TPSA) is 112 Å². The van der Waals surface area contributed by atoms with Crippen LogP contribution in [-0.2, 0) is 4.79 Å². The van der Waals surface area contributed by atoms with Crippen LogP contribution in [0.4, 0.5) is 11.4 Å². The molecular weight excluding hydrogens is 386 g/mol. The van der Waals surface area contributed by atoms with Crippen molar-refractivity contribution in [1.29, 1.82) is 0 Å². The molecule has 3 aromatic rings. The number of nitrogens with one attached hydrogen (secondary N) is 1. The average Bonchev–Trinajstić information content (AvgIpc) is 3.09. The van der Waals surface area contributed by atoms with Crippen molar-refractivity contribution in [2.75, 3.05) is 5.32 Å². The SMILES string of the molecule is CCC(C(=O)Nc1cc(Oc2cccnc2)cc([N+](=O)[O-])c1)n1cc(Cl)cn1. The maximum absolute atomic E-state index is 12.7. The lowest BCUT2D eigenvalue weighted by atomic mass is 10.2. The number of rotatable bonds is 7. The number of carbonyl (C=O) groups excluding carboxylic acids is 1. The molecule has 0 aliphatic heterocycles. The molecule has 2 heterocycles. The van der Waals surface area contributed by atoms with E-state index in [1.54, 1.807) is 24.5 Å². The Bertz CT molecular complexity index is 993. The fourth-order valence-corrected chi connectivity index (χ4v) is 2.71. The van der Waals surface area contributed by atoms with Gasteiger partial charge in [-0.1, -0.05) is 18.5 Å². The number of aromatic nitrogens is 3. The predicted octanol–water partition coefficient (Wildman–Crippen LogP) is 4.22. The van der Waals surface area contributed by atoms with E-state index in [1.165, 1.54) is 35.3 Å². The van der Waals surface area contributed by atoms with E-state index >= 15 is 0 Å². The number of non-ortho nitro benzene ring substituents is 1. The fraction of sp³-hybridized carbons (Fsp3) is 0.167. The maximum atomic E-state index is 12.7. The second-order valence-corrected chi connectivity index (χ2v) is 6.25. The Morgan fingerprint density at radius 3 is 2.79 bits per heavy atom. The Hall–Kier alpha value is -3.46. The van der Waals surface area contributed by atoms with E-state index in [-0.39, 0.29) is 23.0 Å².